The number of aliphatic hydroxyl groups excluding tert-OH is 1. The standard InChI is InChI=1S/C17H23NO2/c1-18-8-7-17-11-5-6-13(19)16(17)20-14-4-2-3-10(15(14)17)9-12(11)18/h5-6,11-14,16,19H,2-4,7-9H2,1H3/t11-,12+,13-,14?,16-,17-/m0/s1. The fraction of sp³-hybridized carbons (Fsp3) is 0.765. The van der Waals surface area contributed by atoms with E-state index >= 15 is 0 Å². The van der Waals surface area contributed by atoms with E-state index < -0.39 is 6.10 Å². The van der Waals surface area contributed by atoms with Gasteiger partial charge in [0.2, 0.25) is 0 Å². The molecule has 2 fully saturated rings. The monoisotopic (exact) mass is 273 g/mol. The van der Waals surface area contributed by atoms with Crippen molar-refractivity contribution in [2.24, 2.45) is 11.3 Å². The fourth-order valence-corrected chi connectivity index (χ4v) is 5.95. The van der Waals surface area contributed by atoms with Crippen molar-refractivity contribution in [2.45, 2.75) is 56.5 Å². The molecule has 1 N–H and O–H groups in total. The molecular formula is C17H23NO2. The molecule has 1 spiro atoms. The molecule has 0 saturated carbocycles. The van der Waals surface area contributed by atoms with Crippen molar-refractivity contribution >= 4 is 0 Å². The summed E-state index contributed by atoms with van der Waals surface area (Å²) in [6.45, 7) is 1.14. The highest BCUT2D eigenvalue weighted by atomic mass is 16.5. The third-order valence-corrected chi connectivity index (χ3v) is 6.70. The Balaban J connectivity index is 1.76. The second kappa shape index (κ2) is 3.76. The van der Waals surface area contributed by atoms with Gasteiger partial charge in [-0.3, -0.25) is 0 Å². The van der Waals surface area contributed by atoms with Crippen LogP contribution in [-0.2, 0) is 4.74 Å². The van der Waals surface area contributed by atoms with Crippen LogP contribution in [0.2, 0.25) is 0 Å². The molecular weight excluding hydrogens is 250 g/mol. The zero-order valence-electron chi connectivity index (χ0n) is 12.1. The van der Waals surface area contributed by atoms with Gasteiger partial charge < -0.3 is 14.7 Å². The minimum Gasteiger partial charge on any atom is -0.386 e. The average Bonchev–Trinajstić information content (AvgIpc) is 2.79. The topological polar surface area (TPSA) is 32.7 Å². The van der Waals surface area contributed by atoms with E-state index in [0.717, 1.165) is 19.4 Å². The molecule has 5 aliphatic rings. The minimum absolute atomic E-state index is 0.0158. The molecule has 0 radical (unpaired) electrons. The summed E-state index contributed by atoms with van der Waals surface area (Å²) in [5.74, 6) is 0.552. The van der Waals surface area contributed by atoms with Gasteiger partial charge in [-0.2, -0.15) is 0 Å². The lowest BCUT2D eigenvalue weighted by molar-refractivity contribution is -0.0977. The van der Waals surface area contributed by atoms with Gasteiger partial charge in [0.15, 0.2) is 0 Å². The van der Waals surface area contributed by atoms with E-state index in [1.807, 2.05) is 6.08 Å². The summed E-state index contributed by atoms with van der Waals surface area (Å²) in [6, 6.07) is 0.620. The Kier molecular flexibility index (Phi) is 2.25. The summed E-state index contributed by atoms with van der Waals surface area (Å²) in [5.41, 5.74) is 3.44. The quantitative estimate of drug-likeness (QED) is 0.684. The van der Waals surface area contributed by atoms with Crippen molar-refractivity contribution < 1.29 is 9.84 Å². The van der Waals surface area contributed by atoms with Crippen LogP contribution in [0.5, 0.6) is 0 Å². The average molecular weight is 273 g/mol. The van der Waals surface area contributed by atoms with Gasteiger partial charge in [-0.1, -0.05) is 17.7 Å². The predicted octanol–water partition coefficient (Wildman–Crippen LogP) is 1.88. The van der Waals surface area contributed by atoms with Crippen LogP contribution in [0.1, 0.15) is 32.1 Å². The summed E-state index contributed by atoms with van der Waals surface area (Å²) < 4.78 is 6.40. The highest BCUT2D eigenvalue weighted by Gasteiger charge is 2.65. The van der Waals surface area contributed by atoms with Crippen molar-refractivity contribution in [3.8, 4) is 0 Å². The molecule has 0 aromatic carbocycles. The van der Waals surface area contributed by atoms with Crippen LogP contribution in [0.15, 0.2) is 23.3 Å². The van der Waals surface area contributed by atoms with E-state index in [4.69, 9.17) is 4.74 Å². The third-order valence-electron chi connectivity index (χ3n) is 6.70. The van der Waals surface area contributed by atoms with Gasteiger partial charge in [0.1, 0.15) is 0 Å². The Morgan fingerprint density at radius 1 is 1.40 bits per heavy atom. The zero-order chi connectivity index (χ0) is 13.5. The first-order valence-electron chi connectivity index (χ1n) is 8.16. The summed E-state index contributed by atoms with van der Waals surface area (Å²) in [7, 11) is 2.27. The van der Waals surface area contributed by atoms with Gasteiger partial charge in [0, 0.05) is 17.4 Å². The lowest BCUT2D eigenvalue weighted by Gasteiger charge is -2.57. The molecule has 3 nitrogen and oxygen atoms in total. The van der Waals surface area contributed by atoms with Crippen molar-refractivity contribution in [3.05, 3.63) is 23.3 Å². The van der Waals surface area contributed by atoms with Crippen LogP contribution < -0.4 is 0 Å². The van der Waals surface area contributed by atoms with Crippen LogP contribution in [0.4, 0.5) is 0 Å². The Morgan fingerprint density at radius 3 is 3.20 bits per heavy atom. The van der Waals surface area contributed by atoms with Gasteiger partial charge in [0.05, 0.1) is 18.3 Å². The number of rotatable bonds is 0. The highest BCUT2D eigenvalue weighted by molar-refractivity contribution is 5.43. The number of hydrogen-bond acceptors (Lipinski definition) is 3. The van der Waals surface area contributed by atoms with E-state index in [1.54, 1.807) is 11.1 Å². The molecule has 2 heterocycles. The molecule has 108 valence electrons. The van der Waals surface area contributed by atoms with Gasteiger partial charge in [-0.05, 0) is 51.3 Å². The van der Waals surface area contributed by atoms with E-state index in [9.17, 15) is 5.11 Å². The van der Waals surface area contributed by atoms with Gasteiger partial charge in [-0.15, -0.1) is 0 Å². The smallest absolute Gasteiger partial charge is 0.0992 e. The number of hydrogen-bond donors (Lipinski definition) is 1. The summed E-state index contributed by atoms with van der Waals surface area (Å²) in [6.07, 6.45) is 10.3. The van der Waals surface area contributed by atoms with Crippen LogP contribution in [0.25, 0.3) is 0 Å². The van der Waals surface area contributed by atoms with Gasteiger partial charge in [-0.25, -0.2) is 0 Å². The summed E-state index contributed by atoms with van der Waals surface area (Å²) in [4.78, 5) is 2.54. The van der Waals surface area contributed by atoms with E-state index in [1.165, 1.54) is 19.3 Å². The molecule has 5 rings (SSSR count). The van der Waals surface area contributed by atoms with Crippen molar-refractivity contribution in [3.63, 3.8) is 0 Å². The highest BCUT2D eigenvalue weighted by Crippen LogP contribution is 2.64. The second-order valence-corrected chi connectivity index (χ2v) is 7.40. The van der Waals surface area contributed by atoms with Crippen LogP contribution in [0.3, 0.4) is 0 Å². The lowest BCUT2D eigenvalue weighted by Crippen LogP contribution is -2.61. The van der Waals surface area contributed by atoms with Gasteiger partial charge in [0.25, 0.3) is 0 Å². The summed E-state index contributed by atoms with van der Waals surface area (Å²) in [5, 5.41) is 10.5. The number of piperidine rings is 1. The number of ether oxygens (including phenoxy) is 1. The molecule has 20 heavy (non-hydrogen) atoms. The number of aliphatic hydroxyl groups is 1. The zero-order valence-corrected chi connectivity index (χ0v) is 12.1. The largest absolute Gasteiger partial charge is 0.386 e. The maximum atomic E-state index is 10.5. The maximum Gasteiger partial charge on any atom is 0.0992 e. The SMILES string of the molecule is CN1CC[C@]23C4=C5CCCC4O[C@H]2[C@@H](O)C=C[C@H]3[C@H]1C5. The Morgan fingerprint density at radius 2 is 2.30 bits per heavy atom. The molecule has 2 aliphatic heterocycles. The first-order valence-corrected chi connectivity index (χ1v) is 8.16. The van der Waals surface area contributed by atoms with Gasteiger partial charge >= 0.3 is 0 Å². The van der Waals surface area contributed by atoms with Crippen molar-refractivity contribution in [1.29, 1.82) is 0 Å². The third kappa shape index (κ3) is 1.19. The molecule has 2 bridgehead atoms. The Bertz CT molecular complexity index is 525. The number of likely N-dealkylation sites (tertiary alicyclic amines) is 1. The van der Waals surface area contributed by atoms with Crippen molar-refractivity contribution in [2.75, 3.05) is 13.6 Å². The minimum atomic E-state index is -0.409. The molecule has 3 heteroatoms. The molecule has 6 atom stereocenters. The molecule has 2 saturated heterocycles. The second-order valence-electron chi connectivity index (χ2n) is 7.40. The van der Waals surface area contributed by atoms with E-state index in [0.29, 0.717) is 18.1 Å². The Labute approximate surface area is 120 Å². The molecule has 3 aliphatic carbocycles. The fourth-order valence-electron chi connectivity index (χ4n) is 5.95. The lowest BCUT2D eigenvalue weighted by atomic mass is 9.51. The maximum absolute atomic E-state index is 10.5. The first-order chi connectivity index (χ1) is 9.72. The molecule has 0 aromatic heterocycles. The predicted molar refractivity (Wildman–Crippen MR) is 76.3 cm³/mol. The van der Waals surface area contributed by atoms with E-state index in [2.05, 4.69) is 18.0 Å². The van der Waals surface area contributed by atoms with Crippen LogP contribution >= 0.6 is 0 Å². The summed E-state index contributed by atoms with van der Waals surface area (Å²) >= 11 is 0. The van der Waals surface area contributed by atoms with Crippen molar-refractivity contribution in [1.82, 2.24) is 4.90 Å². The number of nitrogens with zero attached hydrogens (tertiary/aromatic N) is 1. The normalized spacial score (nSPS) is 53.2. The van der Waals surface area contributed by atoms with Crippen LogP contribution in [-0.4, -0.2) is 48.0 Å². The molecule has 0 amide bonds. The first kappa shape index (κ1) is 12.0. The van der Waals surface area contributed by atoms with E-state index in [-0.39, 0.29) is 11.5 Å². The van der Waals surface area contributed by atoms with Crippen LogP contribution in [0, 0.1) is 11.3 Å². The Hall–Kier alpha value is -0.640. The molecule has 0 aromatic rings. The molecule has 1 unspecified atom stereocenters.